The lowest BCUT2D eigenvalue weighted by Crippen LogP contribution is -2.06. The Balaban J connectivity index is 1.83. The van der Waals surface area contributed by atoms with E-state index >= 15 is 0 Å². The Hall–Kier alpha value is -2.10. The number of para-hydroxylation sites is 1. The summed E-state index contributed by atoms with van der Waals surface area (Å²) in [6.45, 7) is 4.00. The molecule has 98 valence electrons. The van der Waals surface area contributed by atoms with E-state index in [1.54, 1.807) is 0 Å². The zero-order chi connectivity index (χ0) is 13.2. The van der Waals surface area contributed by atoms with E-state index in [4.69, 9.17) is 0 Å². The highest BCUT2D eigenvalue weighted by molar-refractivity contribution is 5.62. The SMILES string of the molecule is Cc1nc(Nc2ccccc2C)cc(NC2CC2)n1. The van der Waals surface area contributed by atoms with Gasteiger partial charge in [0.15, 0.2) is 0 Å². The lowest BCUT2D eigenvalue weighted by Gasteiger charge is -2.11. The maximum atomic E-state index is 4.44. The molecule has 19 heavy (non-hydrogen) atoms. The third-order valence-corrected chi connectivity index (χ3v) is 3.18. The predicted molar refractivity (Wildman–Crippen MR) is 77.9 cm³/mol. The molecule has 1 aromatic carbocycles. The highest BCUT2D eigenvalue weighted by Crippen LogP contribution is 2.25. The van der Waals surface area contributed by atoms with Gasteiger partial charge in [-0.05, 0) is 38.3 Å². The van der Waals surface area contributed by atoms with Crippen LogP contribution in [-0.2, 0) is 0 Å². The molecule has 0 aliphatic heterocycles. The first kappa shape index (κ1) is 12.0. The predicted octanol–water partition coefficient (Wildman–Crippen LogP) is 3.41. The fraction of sp³-hybridized carbons (Fsp3) is 0.333. The Bertz CT molecular complexity index is 590. The molecule has 0 amide bonds. The van der Waals surface area contributed by atoms with Crippen LogP contribution in [0.25, 0.3) is 0 Å². The molecule has 1 aliphatic carbocycles. The molecule has 1 aliphatic rings. The minimum atomic E-state index is 0.598. The van der Waals surface area contributed by atoms with Gasteiger partial charge in [0.1, 0.15) is 17.5 Å². The van der Waals surface area contributed by atoms with E-state index in [1.807, 2.05) is 25.1 Å². The molecular weight excluding hydrogens is 236 g/mol. The fourth-order valence-electron chi connectivity index (χ4n) is 1.99. The minimum absolute atomic E-state index is 0.598. The summed E-state index contributed by atoms with van der Waals surface area (Å²) in [5.41, 5.74) is 2.29. The van der Waals surface area contributed by atoms with Crippen LogP contribution < -0.4 is 10.6 Å². The Labute approximate surface area is 113 Å². The Kier molecular flexibility index (Phi) is 3.07. The zero-order valence-electron chi connectivity index (χ0n) is 11.3. The number of nitrogens with zero attached hydrogens (tertiary/aromatic N) is 2. The van der Waals surface area contributed by atoms with Gasteiger partial charge in [-0.2, -0.15) is 0 Å². The summed E-state index contributed by atoms with van der Waals surface area (Å²) in [6.07, 6.45) is 2.48. The van der Waals surface area contributed by atoms with Gasteiger partial charge in [0, 0.05) is 17.8 Å². The molecule has 0 unspecified atom stereocenters. The molecule has 2 N–H and O–H groups in total. The van der Waals surface area contributed by atoms with Gasteiger partial charge in [-0.25, -0.2) is 9.97 Å². The quantitative estimate of drug-likeness (QED) is 0.877. The van der Waals surface area contributed by atoms with Crippen molar-refractivity contribution in [3.8, 4) is 0 Å². The molecular formula is C15H18N4. The van der Waals surface area contributed by atoms with Crippen LogP contribution in [0.5, 0.6) is 0 Å². The van der Waals surface area contributed by atoms with Crippen molar-refractivity contribution in [1.29, 1.82) is 0 Å². The first-order valence-electron chi connectivity index (χ1n) is 6.65. The highest BCUT2D eigenvalue weighted by atomic mass is 15.1. The number of rotatable bonds is 4. The van der Waals surface area contributed by atoms with Crippen molar-refractivity contribution in [1.82, 2.24) is 9.97 Å². The van der Waals surface area contributed by atoms with Gasteiger partial charge < -0.3 is 10.6 Å². The summed E-state index contributed by atoms with van der Waals surface area (Å²) in [5.74, 6) is 2.53. The maximum Gasteiger partial charge on any atom is 0.136 e. The Morgan fingerprint density at radius 1 is 1.05 bits per heavy atom. The van der Waals surface area contributed by atoms with Crippen molar-refractivity contribution in [2.24, 2.45) is 0 Å². The second-order valence-electron chi connectivity index (χ2n) is 5.04. The van der Waals surface area contributed by atoms with Crippen molar-refractivity contribution < 1.29 is 0 Å². The maximum absolute atomic E-state index is 4.44. The van der Waals surface area contributed by atoms with Gasteiger partial charge in [0.05, 0.1) is 0 Å². The highest BCUT2D eigenvalue weighted by Gasteiger charge is 2.21. The molecule has 0 spiro atoms. The van der Waals surface area contributed by atoms with E-state index in [1.165, 1.54) is 18.4 Å². The molecule has 1 aromatic heterocycles. The molecule has 1 heterocycles. The first-order valence-corrected chi connectivity index (χ1v) is 6.65. The van der Waals surface area contributed by atoms with E-state index in [9.17, 15) is 0 Å². The van der Waals surface area contributed by atoms with Crippen LogP contribution in [0.1, 0.15) is 24.2 Å². The summed E-state index contributed by atoms with van der Waals surface area (Å²) in [6, 6.07) is 10.8. The molecule has 1 fully saturated rings. The lowest BCUT2D eigenvalue weighted by molar-refractivity contribution is 1.02. The largest absolute Gasteiger partial charge is 0.367 e. The third kappa shape index (κ3) is 3.02. The standard InChI is InChI=1S/C15H18N4/c1-10-5-3-4-6-13(10)19-15-9-14(16-11(2)17-15)18-12-7-8-12/h3-6,9,12H,7-8H2,1-2H3,(H2,16,17,18,19). The van der Waals surface area contributed by atoms with Crippen molar-refractivity contribution in [2.45, 2.75) is 32.7 Å². The van der Waals surface area contributed by atoms with E-state index in [0.717, 1.165) is 23.1 Å². The first-order chi connectivity index (χ1) is 9.20. The number of benzene rings is 1. The van der Waals surface area contributed by atoms with Crippen LogP contribution in [-0.4, -0.2) is 16.0 Å². The van der Waals surface area contributed by atoms with E-state index < -0.39 is 0 Å². The van der Waals surface area contributed by atoms with Gasteiger partial charge in [0.2, 0.25) is 0 Å². The molecule has 2 aromatic rings. The zero-order valence-corrected chi connectivity index (χ0v) is 11.3. The van der Waals surface area contributed by atoms with Gasteiger partial charge in [0.25, 0.3) is 0 Å². The van der Waals surface area contributed by atoms with Crippen molar-refractivity contribution >= 4 is 17.3 Å². The van der Waals surface area contributed by atoms with Crippen molar-refractivity contribution in [3.05, 3.63) is 41.7 Å². The second-order valence-corrected chi connectivity index (χ2v) is 5.04. The number of anilines is 3. The number of aromatic nitrogens is 2. The van der Waals surface area contributed by atoms with Crippen LogP contribution in [0.4, 0.5) is 17.3 Å². The molecule has 0 bridgehead atoms. The smallest absolute Gasteiger partial charge is 0.136 e. The molecule has 0 radical (unpaired) electrons. The van der Waals surface area contributed by atoms with Crippen LogP contribution in [0.3, 0.4) is 0 Å². The van der Waals surface area contributed by atoms with Crippen LogP contribution in [0.15, 0.2) is 30.3 Å². The van der Waals surface area contributed by atoms with Gasteiger partial charge >= 0.3 is 0 Å². The summed E-state index contributed by atoms with van der Waals surface area (Å²) in [7, 11) is 0. The van der Waals surface area contributed by atoms with Gasteiger partial charge in [-0.1, -0.05) is 18.2 Å². The number of hydrogen-bond acceptors (Lipinski definition) is 4. The second kappa shape index (κ2) is 4.88. The summed E-state index contributed by atoms with van der Waals surface area (Å²) >= 11 is 0. The van der Waals surface area contributed by atoms with Crippen molar-refractivity contribution in [3.63, 3.8) is 0 Å². The number of aryl methyl sites for hydroxylation is 2. The number of hydrogen-bond donors (Lipinski definition) is 2. The monoisotopic (exact) mass is 254 g/mol. The average Bonchev–Trinajstić information content (AvgIpc) is 3.15. The fourth-order valence-corrected chi connectivity index (χ4v) is 1.99. The average molecular weight is 254 g/mol. The molecule has 4 heteroatoms. The van der Waals surface area contributed by atoms with E-state index in [-0.39, 0.29) is 0 Å². The molecule has 4 nitrogen and oxygen atoms in total. The Morgan fingerprint density at radius 3 is 2.53 bits per heavy atom. The van der Waals surface area contributed by atoms with Gasteiger partial charge in [-0.15, -0.1) is 0 Å². The molecule has 0 atom stereocenters. The van der Waals surface area contributed by atoms with Crippen LogP contribution >= 0.6 is 0 Å². The van der Waals surface area contributed by atoms with E-state index in [2.05, 4.69) is 39.7 Å². The third-order valence-electron chi connectivity index (χ3n) is 3.18. The normalized spacial score (nSPS) is 14.2. The van der Waals surface area contributed by atoms with Gasteiger partial charge in [-0.3, -0.25) is 0 Å². The van der Waals surface area contributed by atoms with Crippen LogP contribution in [0.2, 0.25) is 0 Å². The van der Waals surface area contributed by atoms with Crippen LogP contribution in [0, 0.1) is 13.8 Å². The lowest BCUT2D eigenvalue weighted by atomic mass is 10.2. The minimum Gasteiger partial charge on any atom is -0.367 e. The number of nitrogens with one attached hydrogen (secondary N) is 2. The summed E-state index contributed by atoms with van der Waals surface area (Å²) < 4.78 is 0. The summed E-state index contributed by atoms with van der Waals surface area (Å²) in [4.78, 5) is 8.85. The topological polar surface area (TPSA) is 49.8 Å². The summed E-state index contributed by atoms with van der Waals surface area (Å²) in [5, 5.41) is 6.76. The van der Waals surface area contributed by atoms with E-state index in [0.29, 0.717) is 6.04 Å². The Morgan fingerprint density at radius 2 is 1.79 bits per heavy atom. The molecule has 1 saturated carbocycles. The molecule has 3 rings (SSSR count). The van der Waals surface area contributed by atoms with Crippen molar-refractivity contribution in [2.75, 3.05) is 10.6 Å². The molecule has 0 saturated heterocycles.